The van der Waals surface area contributed by atoms with Gasteiger partial charge >= 0.3 is 53.7 Å². The number of carbonyl (C=O) groups is 19. The van der Waals surface area contributed by atoms with Crippen LogP contribution in [0.25, 0.3) is 0 Å². The molecule has 34 nitrogen and oxygen atoms in total. The summed E-state index contributed by atoms with van der Waals surface area (Å²) in [6, 6.07) is 0.357. The Morgan fingerprint density at radius 3 is 1.02 bits per heavy atom. The zero-order valence-corrected chi connectivity index (χ0v) is 74.1. The fourth-order valence-electron chi connectivity index (χ4n) is 23.0. The minimum Gasteiger partial charge on any atom is -0.469 e. The van der Waals surface area contributed by atoms with Crippen LogP contribution in [0.4, 0.5) is 0 Å². The van der Waals surface area contributed by atoms with Gasteiger partial charge in [-0.15, -0.1) is 0 Å². The summed E-state index contributed by atoms with van der Waals surface area (Å²) in [5.41, 5.74) is 1.16. The molecule has 34 heteroatoms. The minimum atomic E-state index is -0.634. The summed E-state index contributed by atoms with van der Waals surface area (Å²) in [7, 11) is 6.73. The predicted molar refractivity (Wildman–Crippen MR) is 438 cm³/mol. The van der Waals surface area contributed by atoms with Crippen LogP contribution in [0, 0.1) is 118 Å². The van der Waals surface area contributed by atoms with Gasteiger partial charge in [0.15, 0.2) is 26.4 Å². The van der Waals surface area contributed by atoms with E-state index in [0.717, 1.165) is 67.3 Å². The number of likely N-dealkylation sites (tertiary alicyclic amines) is 5. The number of nitrogens with zero attached hydrogens (tertiary/aromatic N) is 5. The lowest BCUT2D eigenvalue weighted by molar-refractivity contribution is -0.174. The highest BCUT2D eigenvalue weighted by Gasteiger charge is 2.70. The maximum Gasteiger partial charge on any atom is 0.333 e. The van der Waals surface area contributed by atoms with Gasteiger partial charge < -0.3 is 47.4 Å². The molecule has 6 aliphatic heterocycles. The summed E-state index contributed by atoms with van der Waals surface area (Å²) in [5.74, 6) is 3.71. The molecule has 686 valence electrons. The monoisotopic (exact) mass is 1750 g/mol. The second kappa shape index (κ2) is 42.7. The topological polar surface area (TPSA) is 433 Å². The van der Waals surface area contributed by atoms with Crippen LogP contribution in [0.5, 0.6) is 0 Å². The molecule has 0 radical (unpaired) electrons. The highest BCUT2D eigenvalue weighted by molar-refractivity contribution is 6.07. The average molecular weight is 1750 g/mol. The van der Waals surface area contributed by atoms with E-state index >= 15 is 0 Å². The predicted octanol–water partition coefficient (Wildman–Crippen LogP) is 6.70. The summed E-state index contributed by atoms with van der Waals surface area (Å²) >= 11 is 0. The normalized spacial score (nSPS) is 32.8. The van der Waals surface area contributed by atoms with E-state index in [1.807, 2.05) is 0 Å². The van der Waals surface area contributed by atoms with Crippen LogP contribution in [0.15, 0.2) is 61.3 Å². The van der Waals surface area contributed by atoms with Crippen LogP contribution in [0.2, 0.25) is 0 Å². The maximum absolute atomic E-state index is 12.8. The molecule has 6 heterocycles. The molecule has 0 aromatic carbocycles. The number of methoxy groups -OCH3 is 5. The molecule has 18 aliphatic rings. The van der Waals surface area contributed by atoms with Gasteiger partial charge in [0.2, 0.25) is 35.4 Å². The van der Waals surface area contributed by atoms with E-state index in [1.165, 1.54) is 176 Å². The van der Waals surface area contributed by atoms with Crippen molar-refractivity contribution in [3.63, 3.8) is 0 Å². The third-order valence-corrected chi connectivity index (χ3v) is 28.6. The molecule has 6 saturated heterocycles. The number of fused-ring (bicyclic) bond motifs is 27. The number of amides is 10. The van der Waals surface area contributed by atoms with Gasteiger partial charge in [-0.2, -0.15) is 0 Å². The molecule has 18 fully saturated rings. The van der Waals surface area contributed by atoms with Crippen molar-refractivity contribution in [3.8, 4) is 0 Å². The molecule has 0 aromatic rings. The summed E-state index contributed by atoms with van der Waals surface area (Å²) in [6.07, 6.45) is 22.4. The standard InChI is InChI=1S/C17H21NO4.C16H19NO4.C16H21NO2.C14H17NO4.C11H13NO5.C5H8O2.4C3H6O2/c1-8(2)17(21)22-7-13(19)18-15-12(16(18)20)6-11-9-3-4-10(5-9)14(11)15;1-2-13(19)21-7-12(18)17-15-11(16(17)20)6-10-8-3-4-9(5-8)14(10)15;18-15(12-6-8-1-2-9(12)5-8)17-14-11-4-3-10(7-11)13(14)16(17)19;1-7(2)14(18)19-6-10(16)15-12-9-4-3-8(5-9)11(12)13(15)17;1-6(2)11(15)17-5-9(13)12-8-4-16-3-7(8)10(12)14;1-4(2)5(6)7-3;4*1-3(4)5-2/h9-12,14-15H,1,3-7H2,2H3;2,8-11,14-15H,1,3-7H2;8-14H,1-7H2;8-9,11-12H,1,3-6H2,2H3;7-8H,1,3-5H2,2H3;1H2,2-3H3;4*1-2H3. The van der Waals surface area contributed by atoms with Crippen molar-refractivity contribution in [2.75, 3.05) is 75.2 Å². The molecule has 0 N–H and O–H groups in total. The Bertz CT molecular complexity index is 4240. The van der Waals surface area contributed by atoms with E-state index in [1.54, 1.807) is 11.8 Å². The Hall–Kier alpha value is -10.4. The van der Waals surface area contributed by atoms with Crippen LogP contribution in [0.1, 0.15) is 171 Å². The Kier molecular flexibility index (Phi) is 33.6. The van der Waals surface area contributed by atoms with Gasteiger partial charge in [-0.05, 0) is 220 Å². The summed E-state index contributed by atoms with van der Waals surface area (Å²) in [4.78, 5) is 221. The van der Waals surface area contributed by atoms with Gasteiger partial charge in [0, 0.05) is 62.0 Å². The molecule has 12 aliphatic carbocycles. The lowest BCUT2D eigenvalue weighted by Gasteiger charge is -2.49. The van der Waals surface area contributed by atoms with Crippen molar-refractivity contribution in [1.82, 2.24) is 24.5 Å². The number of esters is 9. The largest absolute Gasteiger partial charge is 0.469 e. The van der Waals surface area contributed by atoms with Gasteiger partial charge in [0.1, 0.15) is 0 Å². The van der Waals surface area contributed by atoms with Crippen molar-refractivity contribution in [1.29, 1.82) is 0 Å². The molecule has 0 spiro atoms. The molecule has 10 bridgehead atoms. The van der Waals surface area contributed by atoms with E-state index in [2.05, 4.69) is 56.6 Å². The van der Waals surface area contributed by atoms with Crippen molar-refractivity contribution in [2.24, 2.45) is 118 Å². The zero-order valence-electron chi connectivity index (χ0n) is 74.1. The molecule has 25 unspecified atom stereocenters. The highest BCUT2D eigenvalue weighted by atomic mass is 16.6. The SMILES string of the molecule is C=C(C)C(=O)OC.C=C(C)C(=O)OCC(=O)N1C(=O)C2C3CCC(C3)C21.C=C(C)C(=O)OCC(=O)N1C(=O)C2CC3C4CCC(C4)C3C21.C=C(C)C(=O)OCC(=O)N1C(=O)C2COCC21.C=CC(=O)OCC(=O)N1C(=O)C2CC3C4CCC(C4)C3C21.COC(C)=O.COC(C)=O.COC(C)=O.COC(C)=O.O=C(C1CC2CCC1C2)N1C(=O)C2C3CCC(C3)C21. The number of carbonyl (C=O) groups excluding carboxylic acids is 19. The first-order valence-electron chi connectivity index (χ1n) is 43.2. The molecule has 12 saturated carbocycles. The second-order valence-electron chi connectivity index (χ2n) is 35.9. The van der Waals surface area contributed by atoms with Gasteiger partial charge in [-0.3, -0.25) is 91.6 Å². The first-order chi connectivity index (χ1) is 59.1. The van der Waals surface area contributed by atoms with Crippen LogP contribution in [-0.4, -0.2) is 243 Å². The van der Waals surface area contributed by atoms with E-state index in [0.29, 0.717) is 89.9 Å². The number of ether oxygens (including phenoxy) is 10. The van der Waals surface area contributed by atoms with Gasteiger partial charge in [0.25, 0.3) is 23.6 Å². The molecule has 125 heavy (non-hydrogen) atoms. The summed E-state index contributed by atoms with van der Waals surface area (Å²) in [6.45, 7) is 27.8. The van der Waals surface area contributed by atoms with Crippen LogP contribution >= 0.6 is 0 Å². The lowest BCUT2D eigenvalue weighted by atomic mass is 9.74. The van der Waals surface area contributed by atoms with E-state index < -0.39 is 42.3 Å². The fourth-order valence-corrected chi connectivity index (χ4v) is 23.0. The molecule has 25 atom stereocenters. The molecular weight excluding hydrogens is 1630 g/mol. The number of hydrogen-bond acceptors (Lipinski definition) is 29. The smallest absolute Gasteiger partial charge is 0.333 e. The quantitative estimate of drug-likeness (QED) is 0.0574. The first kappa shape index (κ1) is 98.4. The third kappa shape index (κ3) is 21.5. The van der Waals surface area contributed by atoms with Crippen LogP contribution in [-0.2, 0) is 138 Å². The van der Waals surface area contributed by atoms with E-state index in [9.17, 15) is 91.1 Å². The first-order valence-corrected chi connectivity index (χ1v) is 43.2. The number of rotatable bonds is 14. The molecular formula is C91H123N5O29. The van der Waals surface area contributed by atoms with E-state index in [4.69, 9.17) is 23.7 Å². The van der Waals surface area contributed by atoms with Gasteiger partial charge in [0.05, 0.1) is 109 Å². The molecule has 10 amide bonds. The van der Waals surface area contributed by atoms with Crippen LogP contribution < -0.4 is 0 Å². The lowest BCUT2D eigenvalue weighted by Crippen LogP contribution is -2.66. The average Bonchev–Trinajstić information content (AvgIpc) is 1.55. The number of imide groups is 5. The van der Waals surface area contributed by atoms with Crippen molar-refractivity contribution in [2.45, 2.75) is 201 Å². The third-order valence-electron chi connectivity index (χ3n) is 28.6. The number of hydrogen-bond donors (Lipinski definition) is 0. The van der Waals surface area contributed by atoms with Crippen molar-refractivity contribution < 1.29 is 138 Å². The second-order valence-corrected chi connectivity index (χ2v) is 35.9. The molecule has 18 rings (SSSR count). The van der Waals surface area contributed by atoms with Crippen molar-refractivity contribution >= 4 is 113 Å². The summed E-state index contributed by atoms with van der Waals surface area (Å²) in [5, 5.41) is 0. The number of β-lactam (4-membered cyclic amide) rings is 5. The van der Waals surface area contributed by atoms with Crippen molar-refractivity contribution in [3.05, 3.63) is 61.3 Å². The van der Waals surface area contributed by atoms with E-state index in [-0.39, 0.29) is 173 Å². The zero-order chi connectivity index (χ0) is 92.3. The van der Waals surface area contributed by atoms with Gasteiger partial charge in [-0.25, -0.2) is 24.0 Å². The Labute approximate surface area is 728 Å². The highest BCUT2D eigenvalue weighted by Crippen LogP contribution is 2.66. The Morgan fingerprint density at radius 2 is 0.672 bits per heavy atom. The minimum absolute atomic E-state index is 0.0409. The Morgan fingerprint density at radius 1 is 0.344 bits per heavy atom. The van der Waals surface area contributed by atoms with Gasteiger partial charge in [-0.1, -0.05) is 39.3 Å². The fraction of sp³-hybridized carbons (Fsp3) is 0.681. The van der Waals surface area contributed by atoms with Crippen LogP contribution in [0.3, 0.4) is 0 Å². The molecule has 0 aromatic heterocycles. The summed E-state index contributed by atoms with van der Waals surface area (Å²) < 4.78 is 45.0. The maximum atomic E-state index is 12.8. The Balaban J connectivity index is 0.000000165.